The molecule has 0 radical (unpaired) electrons. The molecule has 0 aliphatic carbocycles. The Bertz CT molecular complexity index is 913. The number of hydrogen-bond acceptors (Lipinski definition) is 3. The van der Waals surface area contributed by atoms with Crippen molar-refractivity contribution in [1.29, 1.82) is 0 Å². The molecule has 26 heavy (non-hydrogen) atoms. The van der Waals surface area contributed by atoms with Crippen LogP contribution in [0.1, 0.15) is 11.1 Å². The zero-order valence-corrected chi connectivity index (χ0v) is 15.6. The van der Waals surface area contributed by atoms with Crippen molar-refractivity contribution in [1.82, 2.24) is 5.32 Å². The zero-order valence-electron chi connectivity index (χ0n) is 14.0. The largest absolute Gasteiger partial charge is 0.352 e. The Labute approximate surface area is 156 Å². The number of anilines is 1. The van der Waals surface area contributed by atoms with Crippen molar-refractivity contribution in [3.05, 3.63) is 70.5 Å². The van der Waals surface area contributed by atoms with Crippen LogP contribution < -0.4 is 10.0 Å². The van der Waals surface area contributed by atoms with Gasteiger partial charge in [0.25, 0.3) is 0 Å². The highest BCUT2D eigenvalue weighted by molar-refractivity contribution is 7.92. The van der Waals surface area contributed by atoms with Crippen LogP contribution in [-0.2, 0) is 21.2 Å². The molecule has 2 N–H and O–H groups in total. The van der Waals surface area contributed by atoms with Crippen molar-refractivity contribution in [2.24, 2.45) is 0 Å². The van der Waals surface area contributed by atoms with Gasteiger partial charge in [-0.1, -0.05) is 29.8 Å². The fraction of sp³-hybridized carbons (Fsp3) is 0.167. The summed E-state index contributed by atoms with van der Waals surface area (Å²) in [6.45, 7) is 0.322. The Morgan fingerprint density at radius 1 is 1.19 bits per heavy atom. The molecule has 8 heteroatoms. The number of carbonyl (C=O) groups excluding carboxylic acids is 1. The predicted octanol–water partition coefficient (Wildman–Crippen LogP) is 3.22. The van der Waals surface area contributed by atoms with E-state index in [9.17, 15) is 17.6 Å². The number of sulfonamides is 1. The molecule has 0 aliphatic heterocycles. The summed E-state index contributed by atoms with van der Waals surface area (Å²) in [6.07, 6.45) is 4.43. The standard InChI is InChI=1S/C18H18ClFN2O3S/c1-26(24,25)22-17-8-4-14(12-16(17)20)10-11-21-18(23)9-5-13-2-6-15(19)7-3-13/h2-9,12,22H,10-11H2,1H3,(H,21,23). The highest BCUT2D eigenvalue weighted by atomic mass is 35.5. The average molecular weight is 397 g/mol. The van der Waals surface area contributed by atoms with Crippen molar-refractivity contribution in [3.8, 4) is 0 Å². The van der Waals surface area contributed by atoms with Gasteiger partial charge in [0.2, 0.25) is 15.9 Å². The van der Waals surface area contributed by atoms with E-state index in [2.05, 4.69) is 10.0 Å². The molecule has 1 amide bonds. The molecule has 2 rings (SSSR count). The maximum atomic E-state index is 13.9. The molecule has 2 aromatic carbocycles. The van der Waals surface area contributed by atoms with Gasteiger partial charge in [0, 0.05) is 17.6 Å². The van der Waals surface area contributed by atoms with Gasteiger partial charge in [-0.25, -0.2) is 12.8 Å². The number of halogens is 2. The van der Waals surface area contributed by atoms with Crippen LogP contribution in [0.5, 0.6) is 0 Å². The number of nitrogens with one attached hydrogen (secondary N) is 2. The van der Waals surface area contributed by atoms with E-state index in [4.69, 9.17) is 11.6 Å². The van der Waals surface area contributed by atoms with Crippen molar-refractivity contribution >= 4 is 39.3 Å². The maximum Gasteiger partial charge on any atom is 0.244 e. The van der Waals surface area contributed by atoms with Crippen LogP contribution in [0.4, 0.5) is 10.1 Å². The molecule has 0 bridgehead atoms. The van der Waals surface area contributed by atoms with Gasteiger partial charge in [0.15, 0.2) is 0 Å². The highest BCUT2D eigenvalue weighted by Gasteiger charge is 2.08. The Kier molecular flexibility index (Phi) is 6.76. The van der Waals surface area contributed by atoms with Crippen molar-refractivity contribution in [2.45, 2.75) is 6.42 Å². The van der Waals surface area contributed by atoms with E-state index >= 15 is 0 Å². The third-order valence-corrected chi connectivity index (χ3v) is 4.18. The molecule has 0 saturated carbocycles. The predicted molar refractivity (Wildman–Crippen MR) is 102 cm³/mol. The summed E-state index contributed by atoms with van der Waals surface area (Å²) in [6, 6.07) is 11.2. The lowest BCUT2D eigenvalue weighted by molar-refractivity contribution is -0.116. The van der Waals surface area contributed by atoms with Gasteiger partial charge in [0.1, 0.15) is 5.82 Å². The molecule has 2 aromatic rings. The summed E-state index contributed by atoms with van der Waals surface area (Å²) in [4.78, 5) is 11.8. The van der Waals surface area contributed by atoms with Gasteiger partial charge in [-0.05, 0) is 47.9 Å². The fourth-order valence-electron chi connectivity index (χ4n) is 2.13. The summed E-state index contributed by atoms with van der Waals surface area (Å²) in [5.41, 5.74) is 1.38. The minimum atomic E-state index is -3.53. The number of hydrogen-bond donors (Lipinski definition) is 2. The first-order valence-electron chi connectivity index (χ1n) is 7.70. The van der Waals surface area contributed by atoms with Crippen LogP contribution in [0.25, 0.3) is 6.08 Å². The molecule has 0 aliphatic rings. The van der Waals surface area contributed by atoms with Gasteiger partial charge < -0.3 is 5.32 Å². The number of carbonyl (C=O) groups is 1. The number of rotatable bonds is 7. The molecule has 5 nitrogen and oxygen atoms in total. The highest BCUT2D eigenvalue weighted by Crippen LogP contribution is 2.17. The second kappa shape index (κ2) is 8.82. The first-order chi connectivity index (χ1) is 12.2. The quantitative estimate of drug-likeness (QED) is 0.705. The van der Waals surface area contributed by atoms with Gasteiger partial charge in [0.05, 0.1) is 11.9 Å². The summed E-state index contributed by atoms with van der Waals surface area (Å²) in [7, 11) is -3.53. The first kappa shape index (κ1) is 19.9. The fourth-order valence-corrected chi connectivity index (χ4v) is 2.82. The van der Waals surface area contributed by atoms with Gasteiger partial charge in [-0.2, -0.15) is 0 Å². The zero-order chi connectivity index (χ0) is 19.2. The van der Waals surface area contributed by atoms with Crippen LogP contribution in [0.2, 0.25) is 5.02 Å². The van der Waals surface area contributed by atoms with E-state index < -0.39 is 15.8 Å². The van der Waals surface area contributed by atoms with E-state index in [-0.39, 0.29) is 11.6 Å². The SMILES string of the molecule is CS(=O)(=O)Nc1ccc(CCNC(=O)C=Cc2ccc(Cl)cc2)cc1F. The lowest BCUT2D eigenvalue weighted by atomic mass is 10.1. The van der Waals surface area contributed by atoms with Crippen molar-refractivity contribution in [2.75, 3.05) is 17.5 Å². The molecule has 0 saturated heterocycles. The van der Waals surface area contributed by atoms with Crippen LogP contribution >= 0.6 is 11.6 Å². The Morgan fingerprint density at radius 3 is 2.50 bits per heavy atom. The summed E-state index contributed by atoms with van der Waals surface area (Å²) < 4.78 is 38.2. The topological polar surface area (TPSA) is 75.3 Å². The molecular weight excluding hydrogens is 379 g/mol. The van der Waals surface area contributed by atoms with Crippen LogP contribution in [0.3, 0.4) is 0 Å². The number of amides is 1. The third-order valence-electron chi connectivity index (χ3n) is 3.34. The second-order valence-corrected chi connectivity index (χ2v) is 7.80. The average Bonchev–Trinajstić information content (AvgIpc) is 2.56. The molecule has 0 unspecified atom stereocenters. The minimum absolute atomic E-state index is 0.105. The third kappa shape index (κ3) is 6.85. The smallest absolute Gasteiger partial charge is 0.244 e. The van der Waals surface area contributed by atoms with E-state index in [0.29, 0.717) is 23.6 Å². The summed E-state index contributed by atoms with van der Waals surface area (Å²) in [5, 5.41) is 3.32. The van der Waals surface area contributed by atoms with Gasteiger partial charge >= 0.3 is 0 Å². The molecule has 0 heterocycles. The Morgan fingerprint density at radius 2 is 1.88 bits per heavy atom. The lowest BCUT2D eigenvalue weighted by Crippen LogP contribution is -2.23. The molecular formula is C18H18ClFN2O3S. The normalized spacial score (nSPS) is 11.5. The van der Waals surface area contributed by atoms with E-state index in [0.717, 1.165) is 11.8 Å². The van der Waals surface area contributed by atoms with Gasteiger partial charge in [-0.15, -0.1) is 0 Å². The lowest BCUT2D eigenvalue weighted by Gasteiger charge is -2.08. The molecule has 138 valence electrons. The van der Waals surface area contributed by atoms with Crippen molar-refractivity contribution < 1.29 is 17.6 Å². The first-order valence-corrected chi connectivity index (χ1v) is 9.97. The monoisotopic (exact) mass is 396 g/mol. The maximum absolute atomic E-state index is 13.9. The summed E-state index contributed by atoms with van der Waals surface area (Å²) in [5.74, 6) is -0.933. The van der Waals surface area contributed by atoms with E-state index in [1.54, 1.807) is 36.4 Å². The molecule has 0 aromatic heterocycles. The molecule has 0 spiro atoms. The van der Waals surface area contributed by atoms with Crippen LogP contribution in [0, 0.1) is 5.82 Å². The van der Waals surface area contributed by atoms with Crippen molar-refractivity contribution in [3.63, 3.8) is 0 Å². The molecule has 0 fully saturated rings. The Hall–Kier alpha value is -2.38. The summed E-state index contributed by atoms with van der Waals surface area (Å²) >= 11 is 5.79. The number of benzene rings is 2. The van der Waals surface area contributed by atoms with Crippen LogP contribution in [0.15, 0.2) is 48.5 Å². The van der Waals surface area contributed by atoms with E-state index in [1.165, 1.54) is 18.2 Å². The Balaban J connectivity index is 1.84. The molecule has 0 atom stereocenters. The van der Waals surface area contributed by atoms with Crippen LogP contribution in [-0.4, -0.2) is 27.1 Å². The second-order valence-electron chi connectivity index (χ2n) is 5.61. The van der Waals surface area contributed by atoms with E-state index in [1.807, 2.05) is 0 Å². The van der Waals surface area contributed by atoms with Gasteiger partial charge in [-0.3, -0.25) is 9.52 Å². The minimum Gasteiger partial charge on any atom is -0.352 e.